The summed E-state index contributed by atoms with van der Waals surface area (Å²) in [7, 11) is 1.61. The fourth-order valence-electron chi connectivity index (χ4n) is 2.60. The van der Waals surface area contributed by atoms with Crippen LogP contribution in [0.3, 0.4) is 0 Å². The standard InChI is InChI=1S/C20H17BrINO3S2/c1-3-8-26-18-15(22)9-12(10-16(18)25-2)11-17-19(24)23(20(27)28-17)14-6-4-13(21)5-7-14/h4-7,9-11H,3,8H2,1-2H3/b17-11-. The van der Waals surface area contributed by atoms with Gasteiger partial charge in [-0.25, -0.2) is 0 Å². The van der Waals surface area contributed by atoms with Crippen LogP contribution in [0.1, 0.15) is 18.9 Å². The van der Waals surface area contributed by atoms with Gasteiger partial charge in [-0.15, -0.1) is 0 Å². The maximum Gasteiger partial charge on any atom is 0.270 e. The van der Waals surface area contributed by atoms with Gasteiger partial charge in [-0.05, 0) is 77.0 Å². The Balaban J connectivity index is 1.91. The van der Waals surface area contributed by atoms with Gasteiger partial charge in [0, 0.05) is 4.47 Å². The number of carbonyl (C=O) groups is 1. The first-order valence-corrected chi connectivity index (χ1v) is 11.6. The number of anilines is 1. The summed E-state index contributed by atoms with van der Waals surface area (Å²) in [5.74, 6) is 1.25. The van der Waals surface area contributed by atoms with E-state index in [0.717, 1.165) is 31.5 Å². The molecule has 0 aromatic heterocycles. The maximum atomic E-state index is 12.9. The molecule has 2 aromatic rings. The molecule has 0 unspecified atom stereocenters. The van der Waals surface area contributed by atoms with Gasteiger partial charge in [0.1, 0.15) is 0 Å². The Morgan fingerprint density at radius 1 is 1.29 bits per heavy atom. The lowest BCUT2D eigenvalue weighted by atomic mass is 10.1. The van der Waals surface area contributed by atoms with E-state index in [1.807, 2.05) is 42.5 Å². The van der Waals surface area contributed by atoms with E-state index < -0.39 is 0 Å². The summed E-state index contributed by atoms with van der Waals surface area (Å²) in [6.07, 6.45) is 2.76. The Morgan fingerprint density at radius 2 is 2.00 bits per heavy atom. The topological polar surface area (TPSA) is 38.8 Å². The highest BCUT2D eigenvalue weighted by Gasteiger charge is 2.33. The Morgan fingerprint density at radius 3 is 2.64 bits per heavy atom. The molecule has 0 saturated carbocycles. The van der Waals surface area contributed by atoms with E-state index in [2.05, 4.69) is 45.4 Å². The lowest BCUT2D eigenvalue weighted by Crippen LogP contribution is -2.27. The Hall–Kier alpha value is -1.10. The van der Waals surface area contributed by atoms with Gasteiger partial charge in [0.25, 0.3) is 5.91 Å². The molecule has 0 N–H and O–H groups in total. The van der Waals surface area contributed by atoms with Crippen LogP contribution in [0.4, 0.5) is 5.69 Å². The zero-order chi connectivity index (χ0) is 20.3. The van der Waals surface area contributed by atoms with Crippen LogP contribution < -0.4 is 14.4 Å². The number of rotatable bonds is 6. The molecule has 0 aliphatic carbocycles. The van der Waals surface area contributed by atoms with Gasteiger partial charge < -0.3 is 9.47 Å². The second-order valence-electron chi connectivity index (χ2n) is 5.88. The number of benzene rings is 2. The van der Waals surface area contributed by atoms with Crippen molar-refractivity contribution in [3.63, 3.8) is 0 Å². The third-order valence-electron chi connectivity index (χ3n) is 3.88. The number of hydrogen-bond acceptors (Lipinski definition) is 5. The largest absolute Gasteiger partial charge is 0.493 e. The zero-order valence-corrected chi connectivity index (χ0v) is 20.6. The summed E-state index contributed by atoms with van der Waals surface area (Å²) in [5, 5.41) is 0. The minimum atomic E-state index is -0.127. The molecule has 0 radical (unpaired) electrons. The van der Waals surface area contributed by atoms with Crippen LogP contribution in [0.25, 0.3) is 6.08 Å². The van der Waals surface area contributed by atoms with Gasteiger partial charge in [0.2, 0.25) is 0 Å². The second-order valence-corrected chi connectivity index (χ2v) is 9.63. The SMILES string of the molecule is CCCOc1c(I)cc(/C=C2\SC(=S)N(c3ccc(Br)cc3)C2=O)cc1OC. The molecule has 1 heterocycles. The van der Waals surface area contributed by atoms with Crippen LogP contribution in [0.2, 0.25) is 0 Å². The van der Waals surface area contributed by atoms with Crippen molar-refractivity contribution in [2.75, 3.05) is 18.6 Å². The molecule has 146 valence electrons. The summed E-state index contributed by atoms with van der Waals surface area (Å²) in [4.78, 5) is 15.1. The highest BCUT2D eigenvalue weighted by Crippen LogP contribution is 2.39. The first-order valence-electron chi connectivity index (χ1n) is 8.48. The number of ether oxygens (including phenoxy) is 2. The summed E-state index contributed by atoms with van der Waals surface area (Å²) >= 11 is 12.4. The van der Waals surface area contributed by atoms with Crippen LogP contribution in [-0.4, -0.2) is 23.9 Å². The number of carbonyl (C=O) groups excluding carboxylic acids is 1. The predicted molar refractivity (Wildman–Crippen MR) is 131 cm³/mol. The van der Waals surface area contributed by atoms with Crippen molar-refractivity contribution in [2.45, 2.75) is 13.3 Å². The van der Waals surface area contributed by atoms with Crippen molar-refractivity contribution in [1.29, 1.82) is 0 Å². The monoisotopic (exact) mass is 589 g/mol. The van der Waals surface area contributed by atoms with Crippen molar-refractivity contribution >= 4 is 84.5 Å². The third kappa shape index (κ3) is 4.72. The van der Waals surface area contributed by atoms with E-state index >= 15 is 0 Å². The summed E-state index contributed by atoms with van der Waals surface area (Å²) < 4.78 is 13.7. The molecule has 0 atom stereocenters. The van der Waals surface area contributed by atoms with E-state index in [1.165, 1.54) is 11.8 Å². The van der Waals surface area contributed by atoms with Gasteiger partial charge >= 0.3 is 0 Å². The highest BCUT2D eigenvalue weighted by atomic mass is 127. The number of methoxy groups -OCH3 is 1. The van der Waals surface area contributed by atoms with Gasteiger partial charge in [-0.1, -0.05) is 46.8 Å². The van der Waals surface area contributed by atoms with E-state index in [4.69, 9.17) is 21.7 Å². The number of hydrogen-bond donors (Lipinski definition) is 0. The van der Waals surface area contributed by atoms with Crippen LogP contribution in [-0.2, 0) is 4.79 Å². The molecule has 2 aromatic carbocycles. The van der Waals surface area contributed by atoms with Crippen molar-refractivity contribution in [3.8, 4) is 11.5 Å². The van der Waals surface area contributed by atoms with E-state index in [0.29, 0.717) is 21.6 Å². The molecule has 0 bridgehead atoms. The molecule has 1 fully saturated rings. The smallest absolute Gasteiger partial charge is 0.270 e. The van der Waals surface area contributed by atoms with E-state index in [1.54, 1.807) is 12.0 Å². The predicted octanol–water partition coefficient (Wildman–Crippen LogP) is 6.26. The molecule has 0 spiro atoms. The lowest BCUT2D eigenvalue weighted by Gasteiger charge is -2.14. The second kappa shape index (κ2) is 9.60. The van der Waals surface area contributed by atoms with Gasteiger partial charge in [-0.3, -0.25) is 9.69 Å². The molecule has 1 aliphatic rings. The summed E-state index contributed by atoms with van der Waals surface area (Å²) in [5.41, 5.74) is 1.62. The van der Waals surface area contributed by atoms with Gasteiger partial charge in [0.05, 0.1) is 27.9 Å². The van der Waals surface area contributed by atoms with Crippen LogP contribution in [0.15, 0.2) is 45.8 Å². The molecule has 3 rings (SSSR count). The number of halogens is 2. The van der Waals surface area contributed by atoms with Crippen LogP contribution in [0.5, 0.6) is 11.5 Å². The molecular weight excluding hydrogens is 573 g/mol. The molecular formula is C20H17BrINO3S2. The van der Waals surface area contributed by atoms with Crippen molar-refractivity contribution in [2.24, 2.45) is 0 Å². The fourth-order valence-corrected chi connectivity index (χ4v) is 4.94. The Labute approximate surface area is 195 Å². The lowest BCUT2D eigenvalue weighted by molar-refractivity contribution is -0.113. The van der Waals surface area contributed by atoms with Gasteiger partial charge in [-0.2, -0.15) is 0 Å². The van der Waals surface area contributed by atoms with E-state index in [-0.39, 0.29) is 5.91 Å². The molecule has 1 saturated heterocycles. The minimum Gasteiger partial charge on any atom is -0.493 e. The normalized spacial score (nSPS) is 15.4. The van der Waals surface area contributed by atoms with Gasteiger partial charge in [0.15, 0.2) is 15.8 Å². The van der Waals surface area contributed by atoms with E-state index in [9.17, 15) is 4.79 Å². The number of amides is 1. The average molecular weight is 590 g/mol. The zero-order valence-electron chi connectivity index (χ0n) is 15.2. The van der Waals surface area contributed by atoms with Crippen LogP contribution >= 0.6 is 62.5 Å². The van der Waals surface area contributed by atoms with Crippen molar-refractivity contribution < 1.29 is 14.3 Å². The molecule has 1 amide bonds. The van der Waals surface area contributed by atoms with Crippen molar-refractivity contribution in [1.82, 2.24) is 0 Å². The number of thioether (sulfide) groups is 1. The molecule has 1 aliphatic heterocycles. The summed E-state index contributed by atoms with van der Waals surface area (Å²) in [6.45, 7) is 2.68. The highest BCUT2D eigenvalue weighted by molar-refractivity contribution is 14.1. The first-order chi connectivity index (χ1) is 13.4. The maximum absolute atomic E-state index is 12.9. The molecule has 4 nitrogen and oxygen atoms in total. The Bertz CT molecular complexity index is 947. The minimum absolute atomic E-state index is 0.127. The summed E-state index contributed by atoms with van der Waals surface area (Å²) in [6, 6.07) is 11.4. The first kappa shape index (κ1) is 21.6. The molecule has 28 heavy (non-hydrogen) atoms. The molecule has 8 heteroatoms. The number of thiocarbonyl (C=S) groups is 1. The third-order valence-corrected chi connectivity index (χ3v) is 6.51. The quantitative estimate of drug-likeness (QED) is 0.226. The van der Waals surface area contributed by atoms with Crippen LogP contribution in [0, 0.1) is 3.57 Å². The average Bonchev–Trinajstić information content (AvgIpc) is 2.94. The van der Waals surface area contributed by atoms with Crippen molar-refractivity contribution in [3.05, 3.63) is 54.9 Å². The number of nitrogens with zero attached hydrogens (tertiary/aromatic N) is 1. The fraction of sp³-hybridized carbons (Fsp3) is 0.200. The Kier molecular flexibility index (Phi) is 7.41.